The van der Waals surface area contributed by atoms with E-state index in [9.17, 15) is 4.79 Å². The Bertz CT molecular complexity index is 408. The minimum atomic E-state index is -0.550. The molecule has 1 aromatic rings. The van der Waals surface area contributed by atoms with Gasteiger partial charge in [0, 0.05) is 24.8 Å². The number of hydrogen-bond donors (Lipinski definition) is 3. The minimum Gasteiger partial charge on any atom is -0.475 e. The second kappa shape index (κ2) is 6.63. The van der Waals surface area contributed by atoms with Crippen LogP contribution in [0.5, 0.6) is 5.88 Å². The molecule has 7 heteroatoms. The number of nitrogens with zero attached hydrogens (tertiary/aromatic N) is 2. The van der Waals surface area contributed by atoms with Crippen LogP contribution in [0.1, 0.15) is 19.5 Å². The van der Waals surface area contributed by atoms with Gasteiger partial charge in [-0.15, -0.1) is 0 Å². The van der Waals surface area contributed by atoms with E-state index in [-0.39, 0.29) is 6.10 Å². The van der Waals surface area contributed by atoms with E-state index in [1.807, 2.05) is 20.8 Å². The quantitative estimate of drug-likeness (QED) is 0.646. The number of amides is 2. The number of aromatic nitrogens is 2. The Labute approximate surface area is 106 Å². The second-order valence-corrected chi connectivity index (χ2v) is 4.06. The Hall–Kier alpha value is -2.05. The van der Waals surface area contributed by atoms with E-state index in [4.69, 9.17) is 10.5 Å². The molecule has 18 heavy (non-hydrogen) atoms. The number of ether oxygens (including phenoxy) is 1. The van der Waals surface area contributed by atoms with Crippen molar-refractivity contribution in [3.8, 4) is 5.88 Å². The first-order valence-electron chi connectivity index (χ1n) is 5.77. The zero-order valence-corrected chi connectivity index (χ0v) is 10.9. The summed E-state index contributed by atoms with van der Waals surface area (Å²) >= 11 is 0. The summed E-state index contributed by atoms with van der Waals surface area (Å²) in [6.07, 6.45) is 0.0590. The predicted molar refractivity (Wildman–Crippen MR) is 68.6 cm³/mol. The highest BCUT2D eigenvalue weighted by atomic mass is 16.5. The van der Waals surface area contributed by atoms with Crippen LogP contribution in [0, 0.1) is 6.92 Å². The molecular formula is C11H19N5O2. The molecular weight excluding hydrogens is 234 g/mol. The van der Waals surface area contributed by atoms with Crippen LogP contribution in [0.15, 0.2) is 6.07 Å². The highest BCUT2D eigenvalue weighted by Crippen LogP contribution is 2.13. The largest absolute Gasteiger partial charge is 0.475 e. The monoisotopic (exact) mass is 253 g/mol. The molecule has 0 unspecified atom stereocenters. The lowest BCUT2D eigenvalue weighted by molar-refractivity contribution is 0.232. The summed E-state index contributed by atoms with van der Waals surface area (Å²) in [5, 5.41) is 5.45. The first kappa shape index (κ1) is 14.0. The second-order valence-electron chi connectivity index (χ2n) is 4.06. The van der Waals surface area contributed by atoms with Crippen molar-refractivity contribution in [1.82, 2.24) is 15.3 Å². The molecule has 4 N–H and O–H groups in total. The summed E-state index contributed by atoms with van der Waals surface area (Å²) in [5.74, 6) is 1.000. The van der Waals surface area contributed by atoms with E-state index in [0.29, 0.717) is 24.9 Å². The predicted octanol–water partition coefficient (Wildman–Crippen LogP) is 0.652. The van der Waals surface area contributed by atoms with Gasteiger partial charge >= 0.3 is 6.03 Å². The number of nitrogens with two attached hydrogens (primary N) is 1. The van der Waals surface area contributed by atoms with E-state index >= 15 is 0 Å². The fraction of sp³-hybridized carbons (Fsp3) is 0.545. The molecule has 0 aliphatic rings. The topological polar surface area (TPSA) is 102 Å². The molecule has 0 radical (unpaired) electrons. The van der Waals surface area contributed by atoms with Crippen molar-refractivity contribution in [3.05, 3.63) is 11.8 Å². The van der Waals surface area contributed by atoms with Gasteiger partial charge in [-0.05, 0) is 20.8 Å². The molecule has 0 fully saturated rings. The third-order valence-corrected chi connectivity index (χ3v) is 1.89. The molecule has 0 atom stereocenters. The van der Waals surface area contributed by atoms with Gasteiger partial charge < -0.3 is 21.1 Å². The third-order valence-electron chi connectivity index (χ3n) is 1.89. The molecule has 0 aliphatic carbocycles. The van der Waals surface area contributed by atoms with Crippen molar-refractivity contribution in [2.45, 2.75) is 26.9 Å². The van der Waals surface area contributed by atoms with Gasteiger partial charge in [0.25, 0.3) is 0 Å². The van der Waals surface area contributed by atoms with Crippen LogP contribution in [-0.2, 0) is 0 Å². The minimum absolute atomic E-state index is 0.0590. The molecule has 0 aliphatic heterocycles. The number of carbonyl (C=O) groups excluding carboxylic acids is 1. The zero-order valence-electron chi connectivity index (χ0n) is 10.9. The number of carbonyl (C=O) groups is 1. The normalized spacial score (nSPS) is 10.2. The van der Waals surface area contributed by atoms with Gasteiger partial charge in [-0.1, -0.05) is 0 Å². The fourth-order valence-electron chi connectivity index (χ4n) is 1.28. The van der Waals surface area contributed by atoms with E-state index in [0.717, 1.165) is 5.69 Å². The van der Waals surface area contributed by atoms with Crippen molar-refractivity contribution >= 4 is 12.0 Å². The van der Waals surface area contributed by atoms with Crippen molar-refractivity contribution in [3.63, 3.8) is 0 Å². The Morgan fingerprint density at radius 3 is 2.78 bits per heavy atom. The third kappa shape index (κ3) is 5.33. The summed E-state index contributed by atoms with van der Waals surface area (Å²) in [5.41, 5.74) is 5.76. The van der Waals surface area contributed by atoms with Crippen LogP contribution in [0.2, 0.25) is 0 Å². The van der Waals surface area contributed by atoms with Crippen molar-refractivity contribution in [1.29, 1.82) is 0 Å². The lowest BCUT2D eigenvalue weighted by atomic mass is 10.4. The number of anilines is 1. The maximum Gasteiger partial charge on any atom is 0.312 e. The molecule has 0 saturated carbocycles. The summed E-state index contributed by atoms with van der Waals surface area (Å²) in [7, 11) is 0. The van der Waals surface area contributed by atoms with Crippen LogP contribution >= 0.6 is 0 Å². The highest BCUT2D eigenvalue weighted by Gasteiger charge is 2.04. The highest BCUT2D eigenvalue weighted by molar-refractivity contribution is 5.71. The van der Waals surface area contributed by atoms with Gasteiger partial charge in [-0.3, -0.25) is 0 Å². The number of aryl methyl sites for hydroxylation is 1. The molecule has 0 bridgehead atoms. The first-order valence-corrected chi connectivity index (χ1v) is 5.77. The summed E-state index contributed by atoms with van der Waals surface area (Å²) in [6, 6.07) is 1.22. The van der Waals surface area contributed by atoms with Crippen molar-refractivity contribution < 1.29 is 9.53 Å². The number of rotatable bonds is 6. The molecule has 1 rings (SSSR count). The van der Waals surface area contributed by atoms with Crippen molar-refractivity contribution in [2.24, 2.45) is 5.73 Å². The molecule has 0 aromatic carbocycles. The van der Waals surface area contributed by atoms with Crippen molar-refractivity contribution in [2.75, 3.05) is 18.4 Å². The molecule has 7 nitrogen and oxygen atoms in total. The maximum absolute atomic E-state index is 10.5. The summed E-state index contributed by atoms with van der Waals surface area (Å²) in [4.78, 5) is 18.9. The average molecular weight is 253 g/mol. The fourth-order valence-corrected chi connectivity index (χ4v) is 1.28. The molecule has 1 aromatic heterocycles. The number of hydrogen-bond acceptors (Lipinski definition) is 5. The van der Waals surface area contributed by atoms with Gasteiger partial charge in [0.2, 0.25) is 11.8 Å². The lowest BCUT2D eigenvalue weighted by Gasteiger charge is -2.11. The van der Waals surface area contributed by atoms with Gasteiger partial charge in [-0.25, -0.2) is 9.78 Å². The summed E-state index contributed by atoms with van der Waals surface area (Å²) < 4.78 is 5.50. The SMILES string of the molecule is Cc1cc(OC(C)C)nc(NCCNC(N)=O)n1. The van der Waals surface area contributed by atoms with Gasteiger partial charge in [-0.2, -0.15) is 4.98 Å². The Balaban J connectivity index is 2.54. The van der Waals surface area contributed by atoms with Crippen LogP contribution in [0.25, 0.3) is 0 Å². The van der Waals surface area contributed by atoms with Crippen LogP contribution in [-0.4, -0.2) is 35.2 Å². The van der Waals surface area contributed by atoms with Gasteiger partial charge in [0.05, 0.1) is 6.10 Å². The van der Waals surface area contributed by atoms with Crippen LogP contribution in [0.3, 0.4) is 0 Å². The van der Waals surface area contributed by atoms with E-state index < -0.39 is 6.03 Å². The Kier molecular flexibility index (Phi) is 5.16. The standard InChI is InChI=1S/C11H19N5O2/c1-7(2)18-9-6-8(3)15-11(16-9)14-5-4-13-10(12)17/h6-7H,4-5H2,1-3H3,(H3,12,13,17)(H,14,15,16). The number of nitrogens with one attached hydrogen (secondary N) is 2. The zero-order chi connectivity index (χ0) is 13.5. The van der Waals surface area contributed by atoms with Crippen LogP contribution < -0.4 is 21.1 Å². The van der Waals surface area contributed by atoms with Crippen LogP contribution in [0.4, 0.5) is 10.7 Å². The number of primary amides is 1. The molecule has 1 heterocycles. The molecule has 0 saturated heterocycles. The average Bonchev–Trinajstić information content (AvgIpc) is 2.22. The molecule has 100 valence electrons. The lowest BCUT2D eigenvalue weighted by Crippen LogP contribution is -2.33. The van der Waals surface area contributed by atoms with Gasteiger partial charge in [0.1, 0.15) is 0 Å². The summed E-state index contributed by atoms with van der Waals surface area (Å²) in [6.45, 7) is 6.63. The first-order chi connectivity index (χ1) is 8.47. The van der Waals surface area contributed by atoms with Gasteiger partial charge in [0.15, 0.2) is 0 Å². The Morgan fingerprint density at radius 2 is 2.17 bits per heavy atom. The smallest absolute Gasteiger partial charge is 0.312 e. The molecule has 2 amide bonds. The molecule has 0 spiro atoms. The van der Waals surface area contributed by atoms with E-state index in [2.05, 4.69) is 20.6 Å². The van der Waals surface area contributed by atoms with E-state index in [1.165, 1.54) is 0 Å². The maximum atomic E-state index is 10.5. The number of urea groups is 1. The Morgan fingerprint density at radius 1 is 1.44 bits per heavy atom. The van der Waals surface area contributed by atoms with E-state index in [1.54, 1.807) is 6.07 Å².